The van der Waals surface area contributed by atoms with E-state index in [-0.39, 0.29) is 5.92 Å². The van der Waals surface area contributed by atoms with E-state index >= 15 is 0 Å². The molecule has 15 heavy (non-hydrogen) atoms. The second-order valence-corrected chi connectivity index (χ2v) is 5.07. The Balaban J connectivity index is 1.88. The van der Waals surface area contributed by atoms with Crippen molar-refractivity contribution in [1.29, 1.82) is 0 Å². The van der Waals surface area contributed by atoms with Crippen molar-refractivity contribution < 1.29 is 4.79 Å². The first-order chi connectivity index (χ1) is 7.27. The van der Waals surface area contributed by atoms with Crippen molar-refractivity contribution in [2.45, 2.75) is 32.6 Å². The molecule has 0 aliphatic carbocycles. The van der Waals surface area contributed by atoms with Gasteiger partial charge in [0.25, 0.3) is 0 Å². The standard InChI is InChI=1S/C12H22N2O/c1-10-4-3-7-14(9-10)12(15)11-5-2-6-13-8-11/h10-11,13H,2-9H2,1H3/t10-,11+/m0/s1. The average molecular weight is 210 g/mol. The number of nitrogens with zero attached hydrogens (tertiary/aromatic N) is 1. The Labute approximate surface area is 92.2 Å². The van der Waals surface area contributed by atoms with Crippen molar-refractivity contribution in [1.82, 2.24) is 10.2 Å². The van der Waals surface area contributed by atoms with Gasteiger partial charge in [0.1, 0.15) is 0 Å². The average Bonchev–Trinajstić information content (AvgIpc) is 2.29. The first-order valence-electron chi connectivity index (χ1n) is 6.27. The van der Waals surface area contributed by atoms with Gasteiger partial charge in [-0.1, -0.05) is 6.92 Å². The van der Waals surface area contributed by atoms with E-state index in [0.29, 0.717) is 11.8 Å². The van der Waals surface area contributed by atoms with Crippen LogP contribution in [0.25, 0.3) is 0 Å². The molecule has 1 N–H and O–H groups in total. The molecule has 0 bridgehead atoms. The lowest BCUT2D eigenvalue weighted by Crippen LogP contribution is -2.46. The van der Waals surface area contributed by atoms with E-state index in [9.17, 15) is 4.79 Å². The number of amides is 1. The first kappa shape index (κ1) is 10.9. The summed E-state index contributed by atoms with van der Waals surface area (Å²) in [6.07, 6.45) is 4.70. The summed E-state index contributed by atoms with van der Waals surface area (Å²) in [4.78, 5) is 14.3. The highest BCUT2D eigenvalue weighted by molar-refractivity contribution is 5.79. The van der Waals surface area contributed by atoms with Gasteiger partial charge in [0.15, 0.2) is 0 Å². The van der Waals surface area contributed by atoms with Crippen LogP contribution in [0.1, 0.15) is 32.6 Å². The van der Waals surface area contributed by atoms with Gasteiger partial charge in [-0.2, -0.15) is 0 Å². The van der Waals surface area contributed by atoms with E-state index in [1.54, 1.807) is 0 Å². The number of carbonyl (C=O) groups is 1. The zero-order valence-electron chi connectivity index (χ0n) is 9.67. The summed E-state index contributed by atoms with van der Waals surface area (Å²) >= 11 is 0. The number of hydrogen-bond acceptors (Lipinski definition) is 2. The summed E-state index contributed by atoms with van der Waals surface area (Å²) in [5.41, 5.74) is 0. The Kier molecular flexibility index (Phi) is 3.62. The molecule has 3 heteroatoms. The van der Waals surface area contributed by atoms with E-state index in [0.717, 1.165) is 39.0 Å². The van der Waals surface area contributed by atoms with E-state index in [2.05, 4.69) is 17.1 Å². The smallest absolute Gasteiger partial charge is 0.226 e. The number of nitrogens with one attached hydrogen (secondary N) is 1. The molecule has 0 unspecified atom stereocenters. The zero-order chi connectivity index (χ0) is 10.7. The third-order valence-corrected chi connectivity index (χ3v) is 3.61. The lowest BCUT2D eigenvalue weighted by atomic mass is 9.94. The predicted octanol–water partition coefficient (Wildman–Crippen LogP) is 1.24. The molecule has 2 atom stereocenters. The van der Waals surface area contributed by atoms with E-state index in [1.807, 2.05) is 0 Å². The fourth-order valence-corrected chi connectivity index (χ4v) is 2.71. The van der Waals surface area contributed by atoms with Crippen molar-refractivity contribution in [3.8, 4) is 0 Å². The maximum Gasteiger partial charge on any atom is 0.226 e. The Morgan fingerprint density at radius 3 is 2.87 bits per heavy atom. The van der Waals surface area contributed by atoms with Crippen LogP contribution >= 0.6 is 0 Å². The third-order valence-electron chi connectivity index (χ3n) is 3.61. The Hall–Kier alpha value is -0.570. The number of likely N-dealkylation sites (tertiary alicyclic amines) is 1. The minimum Gasteiger partial charge on any atom is -0.342 e. The van der Waals surface area contributed by atoms with Crippen LogP contribution in [0.3, 0.4) is 0 Å². The van der Waals surface area contributed by atoms with Crippen LogP contribution in [0.4, 0.5) is 0 Å². The van der Waals surface area contributed by atoms with Crippen LogP contribution in [0.15, 0.2) is 0 Å². The number of piperidine rings is 2. The van der Waals surface area contributed by atoms with Crippen LogP contribution in [-0.2, 0) is 4.79 Å². The molecule has 2 heterocycles. The molecule has 86 valence electrons. The molecule has 0 spiro atoms. The number of rotatable bonds is 1. The molecule has 2 saturated heterocycles. The van der Waals surface area contributed by atoms with Crippen molar-refractivity contribution in [2.24, 2.45) is 11.8 Å². The van der Waals surface area contributed by atoms with Gasteiger partial charge >= 0.3 is 0 Å². The molecule has 0 aromatic rings. The van der Waals surface area contributed by atoms with Gasteiger partial charge in [0.2, 0.25) is 5.91 Å². The molecule has 2 aliphatic rings. The van der Waals surface area contributed by atoms with E-state index < -0.39 is 0 Å². The molecule has 0 radical (unpaired) electrons. The molecule has 3 nitrogen and oxygen atoms in total. The number of hydrogen-bond donors (Lipinski definition) is 1. The van der Waals surface area contributed by atoms with Crippen molar-refractivity contribution >= 4 is 5.91 Å². The quantitative estimate of drug-likeness (QED) is 0.706. The first-order valence-corrected chi connectivity index (χ1v) is 6.27. The zero-order valence-corrected chi connectivity index (χ0v) is 9.67. The maximum atomic E-state index is 12.2. The van der Waals surface area contributed by atoms with Crippen LogP contribution in [-0.4, -0.2) is 37.0 Å². The minimum absolute atomic E-state index is 0.254. The maximum absolute atomic E-state index is 12.2. The summed E-state index contributed by atoms with van der Waals surface area (Å²) in [6, 6.07) is 0. The molecule has 2 fully saturated rings. The summed E-state index contributed by atoms with van der Waals surface area (Å²) in [5, 5.41) is 3.32. The second-order valence-electron chi connectivity index (χ2n) is 5.07. The highest BCUT2D eigenvalue weighted by Crippen LogP contribution is 2.20. The monoisotopic (exact) mass is 210 g/mol. The van der Waals surface area contributed by atoms with Gasteiger partial charge in [-0.15, -0.1) is 0 Å². The second kappa shape index (κ2) is 4.97. The van der Waals surface area contributed by atoms with Gasteiger partial charge in [-0.05, 0) is 38.1 Å². The van der Waals surface area contributed by atoms with Gasteiger partial charge in [-0.25, -0.2) is 0 Å². The molecule has 1 amide bonds. The third kappa shape index (κ3) is 2.71. The lowest BCUT2D eigenvalue weighted by molar-refractivity contribution is -0.137. The van der Waals surface area contributed by atoms with Crippen LogP contribution in [0.2, 0.25) is 0 Å². The van der Waals surface area contributed by atoms with Gasteiger partial charge in [0.05, 0.1) is 5.92 Å². The van der Waals surface area contributed by atoms with Crippen LogP contribution < -0.4 is 5.32 Å². The van der Waals surface area contributed by atoms with Crippen LogP contribution in [0, 0.1) is 11.8 Å². The summed E-state index contributed by atoms with van der Waals surface area (Å²) < 4.78 is 0. The minimum atomic E-state index is 0.254. The molecule has 2 rings (SSSR count). The molecule has 0 aromatic carbocycles. The predicted molar refractivity (Wildman–Crippen MR) is 60.6 cm³/mol. The molecular weight excluding hydrogens is 188 g/mol. The summed E-state index contributed by atoms with van der Waals surface area (Å²) in [6.45, 7) is 6.19. The normalized spacial score (nSPS) is 32.7. The fraction of sp³-hybridized carbons (Fsp3) is 0.917. The Bertz CT molecular complexity index is 224. The van der Waals surface area contributed by atoms with Gasteiger partial charge in [0, 0.05) is 19.6 Å². The lowest BCUT2D eigenvalue weighted by Gasteiger charge is -2.34. The summed E-state index contributed by atoms with van der Waals surface area (Å²) in [5.74, 6) is 1.34. The molecule has 0 saturated carbocycles. The fourth-order valence-electron chi connectivity index (χ4n) is 2.71. The van der Waals surface area contributed by atoms with E-state index in [4.69, 9.17) is 0 Å². The van der Waals surface area contributed by atoms with Gasteiger partial charge < -0.3 is 10.2 Å². The molecule has 0 aromatic heterocycles. The number of carbonyl (C=O) groups excluding carboxylic acids is 1. The largest absolute Gasteiger partial charge is 0.342 e. The Morgan fingerprint density at radius 2 is 2.20 bits per heavy atom. The summed E-state index contributed by atoms with van der Waals surface area (Å²) in [7, 11) is 0. The topological polar surface area (TPSA) is 32.3 Å². The van der Waals surface area contributed by atoms with Crippen molar-refractivity contribution in [2.75, 3.05) is 26.2 Å². The van der Waals surface area contributed by atoms with Crippen LogP contribution in [0.5, 0.6) is 0 Å². The highest BCUT2D eigenvalue weighted by Gasteiger charge is 2.28. The SMILES string of the molecule is C[C@H]1CCCN(C(=O)[C@@H]2CCCNC2)C1. The highest BCUT2D eigenvalue weighted by atomic mass is 16.2. The van der Waals surface area contributed by atoms with Crippen molar-refractivity contribution in [3.05, 3.63) is 0 Å². The molecule has 2 aliphatic heterocycles. The van der Waals surface area contributed by atoms with Crippen molar-refractivity contribution in [3.63, 3.8) is 0 Å². The van der Waals surface area contributed by atoms with E-state index in [1.165, 1.54) is 12.8 Å². The Morgan fingerprint density at radius 1 is 1.33 bits per heavy atom. The van der Waals surface area contributed by atoms with Gasteiger partial charge in [-0.3, -0.25) is 4.79 Å². The molecular formula is C12H22N2O.